The summed E-state index contributed by atoms with van der Waals surface area (Å²) < 4.78 is 0. The SMILES string of the molecule is Cc1[nH]nc(NC(=O)c2cc(Cl)ccc2Cl)c1N. The molecule has 0 saturated carbocycles. The van der Waals surface area contributed by atoms with Gasteiger partial charge in [0, 0.05) is 5.02 Å². The number of carbonyl (C=O) groups is 1. The van der Waals surface area contributed by atoms with E-state index in [1.54, 1.807) is 19.1 Å². The molecule has 7 heteroatoms. The summed E-state index contributed by atoms with van der Waals surface area (Å²) in [5.41, 5.74) is 7.07. The topological polar surface area (TPSA) is 83.8 Å². The molecule has 1 amide bonds. The van der Waals surface area contributed by atoms with Gasteiger partial charge in [0.1, 0.15) is 0 Å². The first-order chi connectivity index (χ1) is 8.49. The maximum atomic E-state index is 12.0. The highest BCUT2D eigenvalue weighted by Crippen LogP contribution is 2.23. The molecular weight excluding hydrogens is 275 g/mol. The minimum absolute atomic E-state index is 0.268. The number of nitrogens with zero attached hydrogens (tertiary/aromatic N) is 1. The number of aryl methyl sites for hydroxylation is 1. The fourth-order valence-corrected chi connectivity index (χ4v) is 1.75. The molecule has 2 aromatic rings. The number of hydrogen-bond donors (Lipinski definition) is 3. The van der Waals surface area contributed by atoms with Gasteiger partial charge in [-0.2, -0.15) is 5.10 Å². The number of anilines is 2. The molecule has 4 N–H and O–H groups in total. The van der Waals surface area contributed by atoms with Crippen LogP contribution in [0.4, 0.5) is 11.5 Å². The van der Waals surface area contributed by atoms with E-state index in [0.29, 0.717) is 21.4 Å². The number of aromatic nitrogens is 2. The molecule has 0 aliphatic rings. The number of H-pyrrole nitrogens is 1. The smallest absolute Gasteiger partial charge is 0.258 e. The summed E-state index contributed by atoms with van der Waals surface area (Å²) in [6.45, 7) is 1.75. The van der Waals surface area contributed by atoms with Gasteiger partial charge in [0.25, 0.3) is 5.91 Å². The summed E-state index contributed by atoms with van der Waals surface area (Å²) >= 11 is 11.7. The highest BCUT2D eigenvalue weighted by atomic mass is 35.5. The van der Waals surface area contributed by atoms with Crippen LogP contribution in [0.1, 0.15) is 16.1 Å². The number of carbonyl (C=O) groups excluding carboxylic acids is 1. The summed E-state index contributed by atoms with van der Waals surface area (Å²) in [7, 11) is 0. The normalized spacial score (nSPS) is 10.4. The monoisotopic (exact) mass is 284 g/mol. The van der Waals surface area contributed by atoms with Crippen LogP contribution < -0.4 is 11.1 Å². The van der Waals surface area contributed by atoms with Crippen LogP contribution >= 0.6 is 23.2 Å². The van der Waals surface area contributed by atoms with Gasteiger partial charge in [-0.15, -0.1) is 0 Å². The number of benzene rings is 1. The Labute approximate surface area is 113 Å². The maximum absolute atomic E-state index is 12.0. The van der Waals surface area contributed by atoms with Crippen molar-refractivity contribution in [2.75, 3.05) is 11.1 Å². The van der Waals surface area contributed by atoms with Gasteiger partial charge >= 0.3 is 0 Å². The number of nitrogens with two attached hydrogens (primary N) is 1. The lowest BCUT2D eigenvalue weighted by Gasteiger charge is -2.05. The van der Waals surface area contributed by atoms with Crippen LogP contribution in [0.2, 0.25) is 10.0 Å². The van der Waals surface area contributed by atoms with Crippen molar-refractivity contribution in [2.24, 2.45) is 0 Å². The van der Waals surface area contributed by atoms with E-state index in [9.17, 15) is 4.79 Å². The van der Waals surface area contributed by atoms with E-state index in [2.05, 4.69) is 15.5 Å². The van der Waals surface area contributed by atoms with Gasteiger partial charge in [-0.25, -0.2) is 0 Å². The molecule has 1 aromatic heterocycles. The number of hydrogen-bond acceptors (Lipinski definition) is 3. The van der Waals surface area contributed by atoms with E-state index < -0.39 is 5.91 Å². The molecule has 0 atom stereocenters. The number of nitrogens with one attached hydrogen (secondary N) is 2. The Morgan fingerprint density at radius 3 is 2.78 bits per heavy atom. The molecule has 0 fully saturated rings. The summed E-state index contributed by atoms with van der Waals surface area (Å²) in [5.74, 6) is -0.144. The summed E-state index contributed by atoms with van der Waals surface area (Å²) in [6.07, 6.45) is 0. The van der Waals surface area contributed by atoms with E-state index in [1.807, 2.05) is 0 Å². The molecule has 94 valence electrons. The first kappa shape index (κ1) is 12.7. The number of rotatable bonds is 2. The number of halogens is 2. The van der Waals surface area contributed by atoms with E-state index in [1.165, 1.54) is 6.07 Å². The summed E-state index contributed by atoms with van der Waals surface area (Å²) in [6, 6.07) is 4.64. The molecule has 0 unspecified atom stereocenters. The standard InChI is InChI=1S/C11H10Cl2N4O/c1-5-9(14)10(17-16-5)15-11(18)7-4-6(12)2-3-8(7)13/h2-4H,14H2,1H3,(H2,15,16,17,18). The van der Waals surface area contributed by atoms with Crippen LogP contribution in [0, 0.1) is 6.92 Å². The lowest BCUT2D eigenvalue weighted by molar-refractivity contribution is 0.102. The van der Waals surface area contributed by atoms with Crippen molar-refractivity contribution in [2.45, 2.75) is 6.92 Å². The number of amides is 1. The Morgan fingerprint density at radius 1 is 1.44 bits per heavy atom. The van der Waals surface area contributed by atoms with Crippen LogP contribution in [0.3, 0.4) is 0 Å². The molecule has 1 aromatic carbocycles. The molecule has 0 aliphatic heterocycles. The molecule has 5 nitrogen and oxygen atoms in total. The fourth-order valence-electron chi connectivity index (χ4n) is 1.38. The molecule has 0 saturated heterocycles. The van der Waals surface area contributed by atoms with Gasteiger partial charge in [-0.3, -0.25) is 9.89 Å². The van der Waals surface area contributed by atoms with Crippen LogP contribution in [-0.2, 0) is 0 Å². The predicted molar refractivity (Wildman–Crippen MR) is 72.2 cm³/mol. The van der Waals surface area contributed by atoms with Gasteiger partial charge in [0.15, 0.2) is 5.82 Å². The highest BCUT2D eigenvalue weighted by Gasteiger charge is 2.14. The zero-order valence-corrected chi connectivity index (χ0v) is 10.9. The minimum atomic E-state index is -0.416. The van der Waals surface area contributed by atoms with Crippen LogP contribution in [0.5, 0.6) is 0 Å². The second-order valence-electron chi connectivity index (χ2n) is 3.69. The predicted octanol–water partition coefficient (Wildman–Crippen LogP) is 2.86. The largest absolute Gasteiger partial charge is 0.394 e. The Morgan fingerprint density at radius 2 is 2.17 bits per heavy atom. The molecule has 0 bridgehead atoms. The number of aromatic amines is 1. The van der Waals surface area contributed by atoms with E-state index in [4.69, 9.17) is 28.9 Å². The Balaban J connectivity index is 2.27. The van der Waals surface area contributed by atoms with Crippen LogP contribution in [-0.4, -0.2) is 16.1 Å². The molecule has 1 heterocycles. The highest BCUT2D eigenvalue weighted by molar-refractivity contribution is 6.36. The Hall–Kier alpha value is -1.72. The first-order valence-electron chi connectivity index (χ1n) is 5.06. The molecule has 0 radical (unpaired) electrons. The van der Waals surface area contributed by atoms with Crippen molar-refractivity contribution in [3.8, 4) is 0 Å². The van der Waals surface area contributed by atoms with E-state index in [0.717, 1.165) is 0 Å². The van der Waals surface area contributed by atoms with Crippen molar-refractivity contribution in [1.82, 2.24) is 10.2 Å². The van der Waals surface area contributed by atoms with Crippen molar-refractivity contribution < 1.29 is 4.79 Å². The average molecular weight is 285 g/mol. The molecule has 18 heavy (non-hydrogen) atoms. The summed E-state index contributed by atoms with van der Waals surface area (Å²) in [5, 5.41) is 9.85. The van der Waals surface area contributed by atoms with Gasteiger partial charge in [0.05, 0.1) is 22.0 Å². The lowest BCUT2D eigenvalue weighted by atomic mass is 10.2. The quantitative estimate of drug-likeness (QED) is 0.793. The molecule has 2 rings (SSSR count). The van der Waals surface area contributed by atoms with E-state index in [-0.39, 0.29) is 11.4 Å². The zero-order chi connectivity index (χ0) is 13.3. The third-order valence-corrected chi connectivity index (χ3v) is 2.96. The second-order valence-corrected chi connectivity index (χ2v) is 4.53. The molecular formula is C11H10Cl2N4O. The summed E-state index contributed by atoms with van der Waals surface area (Å²) in [4.78, 5) is 12.0. The lowest BCUT2D eigenvalue weighted by Crippen LogP contribution is -2.13. The molecule has 0 aliphatic carbocycles. The third kappa shape index (κ3) is 2.42. The first-order valence-corrected chi connectivity index (χ1v) is 5.81. The van der Waals surface area contributed by atoms with Gasteiger partial charge in [-0.1, -0.05) is 23.2 Å². The van der Waals surface area contributed by atoms with Gasteiger partial charge in [0.2, 0.25) is 0 Å². The van der Waals surface area contributed by atoms with Crippen molar-refractivity contribution >= 4 is 40.6 Å². The van der Waals surface area contributed by atoms with Crippen LogP contribution in [0.25, 0.3) is 0 Å². The van der Waals surface area contributed by atoms with Gasteiger partial charge in [-0.05, 0) is 25.1 Å². The Bertz CT molecular complexity index is 609. The zero-order valence-electron chi connectivity index (χ0n) is 9.42. The second kappa shape index (κ2) is 4.88. The van der Waals surface area contributed by atoms with E-state index >= 15 is 0 Å². The fraction of sp³-hybridized carbons (Fsp3) is 0.0909. The van der Waals surface area contributed by atoms with Crippen LogP contribution in [0.15, 0.2) is 18.2 Å². The third-order valence-electron chi connectivity index (χ3n) is 2.40. The number of nitrogen functional groups attached to an aromatic ring is 1. The van der Waals surface area contributed by atoms with Gasteiger partial charge < -0.3 is 11.1 Å². The Kier molecular flexibility index (Phi) is 3.45. The van der Waals surface area contributed by atoms with Crippen molar-refractivity contribution in [1.29, 1.82) is 0 Å². The maximum Gasteiger partial charge on any atom is 0.258 e. The average Bonchev–Trinajstić information content (AvgIpc) is 2.64. The van der Waals surface area contributed by atoms with Crippen molar-refractivity contribution in [3.05, 3.63) is 39.5 Å². The minimum Gasteiger partial charge on any atom is -0.394 e. The van der Waals surface area contributed by atoms with Crippen molar-refractivity contribution in [3.63, 3.8) is 0 Å². The molecule has 0 spiro atoms.